The average molecular weight is 1900 g/mol. The van der Waals surface area contributed by atoms with E-state index in [1.165, 1.54) is 41.0 Å². The van der Waals surface area contributed by atoms with Crippen molar-refractivity contribution in [1.29, 1.82) is 21.6 Å². The summed E-state index contributed by atoms with van der Waals surface area (Å²) >= 11 is 0. The van der Waals surface area contributed by atoms with Crippen LogP contribution in [0, 0.1) is 21.6 Å². The number of carboxylic acids is 1. The molecule has 53 nitrogen and oxygen atoms in total. The predicted molar refractivity (Wildman–Crippen MR) is 489 cm³/mol. The van der Waals surface area contributed by atoms with E-state index in [2.05, 4.69) is 90.4 Å². The van der Waals surface area contributed by atoms with Gasteiger partial charge in [0.05, 0.1) is 26.1 Å². The zero-order chi connectivity index (χ0) is 99.9. The first kappa shape index (κ1) is 115. The van der Waals surface area contributed by atoms with Crippen molar-refractivity contribution < 1.29 is 96.8 Å². The van der Waals surface area contributed by atoms with Crippen LogP contribution in [0.25, 0.3) is 0 Å². The van der Waals surface area contributed by atoms with Gasteiger partial charge in [-0.25, -0.2) is 4.79 Å². The number of guanidine groups is 4. The summed E-state index contributed by atoms with van der Waals surface area (Å²) in [5.74, 6) is -17.8. The van der Waals surface area contributed by atoms with Crippen molar-refractivity contribution in [3.8, 4) is 5.75 Å². The minimum absolute atomic E-state index is 0.00780. The largest absolute Gasteiger partial charge is 0.508 e. The Bertz CT molecular complexity index is 4080. The molecule has 2 saturated heterocycles. The number of unbranched alkanes of at least 4 members (excludes halogenated alkanes) is 4. The molecule has 16 amide bonds. The number of amides is 16. The highest BCUT2D eigenvalue weighted by atomic mass is 16.4. The molecule has 3 rings (SSSR count). The van der Waals surface area contributed by atoms with Gasteiger partial charge in [-0.1, -0.05) is 12.1 Å². The SMILES string of the molecule is C[C@H](NC(=O)[C@H](CCCNC(=N)N)NC(=O)[C@@H]1CCCN1C(=O)[C@H](CCCCN)NC(=O)[C@H](CC(N)=O)NC(=O)[C@H](Cc1ccc(O)cc1)NC(=O)[C@H](CCCCN)NC(=O)CN)C(=O)N[C@@H](CCCCN)C(=O)N[C@@H](CO)C(=O)N[C@@H](CCCCN)C(=O)N1CCC[C@H]1C(=O)NCC(=O)N[C@@H](CCCNC(=N)N)C(=O)N[C@@H](CCCNC(=N)N)C(=O)N[C@@H](CCCNC(=N)N)C(=O)O. The van der Waals surface area contributed by atoms with E-state index in [0.29, 0.717) is 37.7 Å². The standard InChI is InChI=1S/C81H143N33O20/c1-45(101-65(121)51(21-11-35-97-79(90)91)106-74(130)60-25-15-39-114(60)76(132)53(18-4-8-32-84)107-71(127)57(41-61(87)117)111-70(126)56(40-46-26-28-47(116)29-27-46)110-67(123)48(16-2-6-30-82)102-62(118)42-86)64(120)104-50(17-3-7-31-83)69(125)112-58(44-115)72(128)108-54(19-5-9-33-85)75(131)113-38-14-24-59(113)73(129)100-43-63(119)103-49(20-10-34-96-78(88)89)66(122)105-52(22-12-36-98-80(92)93)68(124)109-55(77(133)134)23-13-37-99-81(94)95/h26-29,45,48-60,115-116H,2-25,30-44,82-86H2,1H3,(H2,87,117)(H,100,129)(H,101,121)(H,102,118)(H,103,119)(H,104,120)(H,105,122)(H,106,130)(H,107,127)(H,108,128)(H,109,124)(H,110,123)(H,111,126)(H,112,125)(H,133,134)(H4,88,89,96)(H4,90,91,97)(H4,92,93,98)(H4,94,95,99)/t45-,48-,49-,50-,51-,52-,53-,54-,55-,56-,57-,58-,59-,60-/m0/s1. The van der Waals surface area contributed by atoms with Crippen molar-refractivity contribution in [2.24, 2.45) is 57.3 Å². The maximum absolute atomic E-state index is 14.9. The average Bonchev–Trinajstić information content (AvgIpc) is 1.71. The molecule has 0 unspecified atom stereocenters. The lowest BCUT2D eigenvalue weighted by molar-refractivity contribution is -0.143. The summed E-state index contributed by atoms with van der Waals surface area (Å²) in [5.41, 5.74) is 56.5. The monoisotopic (exact) mass is 1900 g/mol. The molecule has 0 radical (unpaired) electrons. The Morgan fingerprint density at radius 3 is 1.10 bits per heavy atom. The molecule has 134 heavy (non-hydrogen) atoms. The zero-order valence-corrected chi connectivity index (χ0v) is 75.9. The maximum Gasteiger partial charge on any atom is 0.326 e. The Hall–Kier alpha value is -13.1. The highest BCUT2D eigenvalue weighted by Crippen LogP contribution is 2.24. The lowest BCUT2D eigenvalue weighted by atomic mass is 10.0. The van der Waals surface area contributed by atoms with Crippen LogP contribution in [-0.4, -0.2) is 319 Å². The number of nitrogens with zero attached hydrogens (tertiary/aromatic N) is 2. The molecule has 752 valence electrons. The van der Waals surface area contributed by atoms with Crippen LogP contribution in [0.5, 0.6) is 5.75 Å². The second kappa shape index (κ2) is 63.1. The number of hydrogen-bond acceptors (Lipinski definition) is 28. The van der Waals surface area contributed by atoms with E-state index in [9.17, 15) is 96.8 Å². The molecule has 2 aliphatic rings. The number of aliphatic carboxylic acids is 1. The van der Waals surface area contributed by atoms with Crippen molar-refractivity contribution in [3.05, 3.63) is 29.8 Å². The Morgan fingerprint density at radius 2 is 0.694 bits per heavy atom. The summed E-state index contributed by atoms with van der Waals surface area (Å²) in [5, 5.41) is 104. The summed E-state index contributed by atoms with van der Waals surface area (Å²) < 4.78 is 0. The molecule has 2 aliphatic heterocycles. The molecule has 2 heterocycles. The third kappa shape index (κ3) is 43.9. The Morgan fingerprint density at radius 1 is 0.373 bits per heavy atom. The lowest BCUT2D eigenvalue weighted by Gasteiger charge is -2.31. The van der Waals surface area contributed by atoms with Crippen LogP contribution < -0.4 is 148 Å². The van der Waals surface area contributed by atoms with E-state index in [1.807, 2.05) is 0 Å². The van der Waals surface area contributed by atoms with E-state index in [4.69, 9.17) is 79.0 Å². The number of phenols is 1. The number of aromatic hydroxyl groups is 1. The summed E-state index contributed by atoms with van der Waals surface area (Å²) in [6.45, 7) is -0.205. The number of hydrogen-bond donors (Lipinski definition) is 34. The highest BCUT2D eigenvalue weighted by molar-refractivity contribution is 6.01. The number of primary amides is 1. The molecule has 1 aromatic rings. The fourth-order valence-corrected chi connectivity index (χ4v) is 14.5. The number of carbonyl (C=O) groups is 17. The second-order valence-corrected chi connectivity index (χ2v) is 32.5. The van der Waals surface area contributed by atoms with E-state index >= 15 is 0 Å². The minimum Gasteiger partial charge on any atom is -0.508 e. The summed E-state index contributed by atoms with van der Waals surface area (Å²) in [4.78, 5) is 240. The van der Waals surface area contributed by atoms with E-state index < -0.39 is 229 Å². The number of rotatable bonds is 66. The zero-order valence-electron chi connectivity index (χ0n) is 75.9. The quantitative estimate of drug-likeness (QED) is 0.0164. The topological polar surface area (TPSA) is 917 Å². The number of phenolic OH excluding ortho intramolecular Hbond substituents is 1. The first-order chi connectivity index (χ1) is 63.7. The number of likely N-dealkylation sites (tertiary alicyclic amines) is 2. The molecule has 44 N–H and O–H groups in total. The molecule has 0 aromatic heterocycles. The molecule has 0 spiro atoms. The van der Waals surface area contributed by atoms with Gasteiger partial charge in [0.25, 0.3) is 0 Å². The fraction of sp³-hybridized carbons (Fsp3) is 0.667. The van der Waals surface area contributed by atoms with Crippen LogP contribution in [0.2, 0.25) is 0 Å². The van der Waals surface area contributed by atoms with Crippen LogP contribution in [0.3, 0.4) is 0 Å². The number of carbonyl (C=O) groups excluding carboxylic acids is 16. The lowest BCUT2D eigenvalue weighted by Crippen LogP contribution is -2.61. The maximum atomic E-state index is 14.9. The Kier molecular flexibility index (Phi) is 54.1. The molecular weight excluding hydrogens is 1760 g/mol. The molecular formula is C81H143N33O20. The van der Waals surface area contributed by atoms with Gasteiger partial charge >= 0.3 is 5.97 Å². The first-order valence-corrected chi connectivity index (χ1v) is 45.0. The van der Waals surface area contributed by atoms with Gasteiger partial charge in [0.1, 0.15) is 90.3 Å². The predicted octanol–water partition coefficient (Wildman–Crippen LogP) is -11.6. The summed E-state index contributed by atoms with van der Waals surface area (Å²) in [7, 11) is 0. The minimum atomic E-state index is -1.80. The number of aliphatic hydroxyl groups excluding tert-OH is 1. The van der Waals surface area contributed by atoms with E-state index in [-0.39, 0.29) is 206 Å². The third-order valence-electron chi connectivity index (χ3n) is 21.7. The summed E-state index contributed by atoms with van der Waals surface area (Å²) in [6.07, 6.45) is 1.70. The Labute approximate surface area is 776 Å². The number of carboxylic acid groups (broad SMARTS) is 1. The molecule has 1 aromatic carbocycles. The van der Waals surface area contributed by atoms with Gasteiger partial charge < -0.3 is 173 Å². The van der Waals surface area contributed by atoms with E-state index in [1.54, 1.807) is 0 Å². The third-order valence-corrected chi connectivity index (χ3v) is 21.7. The normalized spacial score (nSPS) is 15.9. The van der Waals surface area contributed by atoms with Crippen molar-refractivity contribution in [1.82, 2.24) is 100 Å². The van der Waals surface area contributed by atoms with Crippen LogP contribution in [0.15, 0.2) is 24.3 Å². The van der Waals surface area contributed by atoms with Crippen molar-refractivity contribution in [2.75, 3.05) is 85.1 Å². The second-order valence-electron chi connectivity index (χ2n) is 32.5. The number of nitrogens with one attached hydrogen (secondary N) is 21. The number of benzene rings is 1. The van der Waals surface area contributed by atoms with Gasteiger partial charge in [-0.15, -0.1) is 0 Å². The van der Waals surface area contributed by atoms with Crippen LogP contribution in [-0.2, 0) is 87.9 Å². The molecule has 14 atom stereocenters. The van der Waals surface area contributed by atoms with Gasteiger partial charge in [0.15, 0.2) is 23.8 Å². The first-order valence-electron chi connectivity index (χ1n) is 45.0. The fourth-order valence-electron chi connectivity index (χ4n) is 14.5. The number of nitrogens with two attached hydrogens (primary N) is 10. The van der Waals surface area contributed by atoms with Gasteiger partial charge in [-0.2, -0.15) is 0 Å². The molecule has 0 saturated carbocycles. The van der Waals surface area contributed by atoms with Crippen molar-refractivity contribution >= 4 is 124 Å². The van der Waals surface area contributed by atoms with Gasteiger partial charge in [-0.3, -0.25) is 98.3 Å². The smallest absolute Gasteiger partial charge is 0.326 e. The Balaban J connectivity index is 1.86. The van der Waals surface area contributed by atoms with Crippen LogP contribution in [0.4, 0.5) is 0 Å². The van der Waals surface area contributed by atoms with Crippen LogP contribution in [0.1, 0.15) is 173 Å². The van der Waals surface area contributed by atoms with Gasteiger partial charge in [-0.05, 0) is 205 Å². The van der Waals surface area contributed by atoms with Gasteiger partial charge in [0.2, 0.25) is 94.5 Å². The van der Waals surface area contributed by atoms with Crippen molar-refractivity contribution in [2.45, 2.75) is 258 Å². The van der Waals surface area contributed by atoms with Crippen LogP contribution >= 0.6 is 0 Å². The number of aliphatic hydroxyl groups is 1. The molecule has 53 heteroatoms. The van der Waals surface area contributed by atoms with Crippen molar-refractivity contribution in [3.63, 3.8) is 0 Å². The molecule has 0 bridgehead atoms. The van der Waals surface area contributed by atoms with E-state index in [0.717, 1.165) is 0 Å². The van der Waals surface area contributed by atoms with Gasteiger partial charge in [0, 0.05) is 45.7 Å². The summed E-state index contributed by atoms with van der Waals surface area (Å²) in [6, 6.07) is -14.9. The molecule has 2 fully saturated rings. The molecule has 0 aliphatic carbocycles. The highest BCUT2D eigenvalue weighted by Gasteiger charge is 2.43.